The highest BCUT2D eigenvalue weighted by Gasteiger charge is 2.23. The molecule has 0 aromatic rings. The van der Waals surface area contributed by atoms with Gasteiger partial charge in [-0.25, -0.2) is 9.59 Å². The molecule has 10 nitrogen and oxygen atoms in total. The molecular weight excluding hydrogens is 388 g/mol. The number of nitrogens with two attached hydrogens (primary N) is 2. The first kappa shape index (κ1) is 25.4. The van der Waals surface area contributed by atoms with E-state index < -0.39 is 24.4 Å². The van der Waals surface area contributed by atoms with E-state index in [1.54, 1.807) is 0 Å². The Balaban J connectivity index is 4.01. The maximum Gasteiger partial charge on any atom is 0.419 e. The van der Waals surface area contributed by atoms with Crippen molar-refractivity contribution < 1.29 is 38.0 Å². The van der Waals surface area contributed by atoms with Gasteiger partial charge >= 0.3 is 11.9 Å². The van der Waals surface area contributed by atoms with Crippen molar-refractivity contribution in [3.8, 4) is 0 Å². The van der Waals surface area contributed by atoms with E-state index in [-0.39, 0.29) is 24.1 Å². The van der Waals surface area contributed by atoms with Crippen LogP contribution < -0.4 is 11.5 Å². The normalized spacial score (nSPS) is 13.7. The molecule has 2 atom stereocenters. The van der Waals surface area contributed by atoms with Crippen LogP contribution in [-0.4, -0.2) is 88.4 Å². The van der Waals surface area contributed by atoms with E-state index in [0.29, 0.717) is 11.5 Å². The second-order valence-electron chi connectivity index (χ2n) is 4.76. The van der Waals surface area contributed by atoms with E-state index in [1.807, 2.05) is 0 Å². The number of carbonyl (C=O) groups excluding carboxylic acids is 2. The Morgan fingerprint density at radius 3 is 1.27 bits per heavy atom. The highest BCUT2D eigenvalue weighted by molar-refractivity contribution is 7.99. The van der Waals surface area contributed by atoms with Gasteiger partial charge < -0.3 is 28.4 Å². The van der Waals surface area contributed by atoms with Gasteiger partial charge in [0.25, 0.3) is 0 Å². The van der Waals surface area contributed by atoms with Crippen molar-refractivity contribution in [2.75, 3.05) is 51.5 Å². The molecule has 26 heavy (non-hydrogen) atoms. The van der Waals surface area contributed by atoms with Crippen LogP contribution in [0.1, 0.15) is 0 Å². The summed E-state index contributed by atoms with van der Waals surface area (Å²) < 4.78 is 29.6. The van der Waals surface area contributed by atoms with Gasteiger partial charge in [-0.3, -0.25) is 11.5 Å². The van der Waals surface area contributed by atoms with Gasteiger partial charge in [0.15, 0.2) is 25.0 Å². The lowest BCUT2D eigenvalue weighted by atomic mass is 10.6. The second-order valence-corrected chi connectivity index (χ2v) is 6.91. The molecule has 0 radical (unpaired) electrons. The highest BCUT2D eigenvalue weighted by atomic mass is 32.2. The third kappa shape index (κ3) is 11.9. The molecule has 12 heteroatoms. The van der Waals surface area contributed by atoms with Crippen LogP contribution in [0.25, 0.3) is 0 Å². The van der Waals surface area contributed by atoms with Crippen LogP contribution in [0, 0.1) is 0 Å². The largest absolute Gasteiger partial charge is 0.437 e. The molecule has 0 bridgehead atoms. The van der Waals surface area contributed by atoms with E-state index in [4.69, 9.17) is 39.9 Å². The number of carbonyl (C=O) groups is 2. The predicted octanol–water partition coefficient (Wildman–Crippen LogP) is -0.653. The van der Waals surface area contributed by atoms with Crippen LogP contribution in [0.5, 0.6) is 0 Å². The molecule has 0 heterocycles. The van der Waals surface area contributed by atoms with E-state index in [2.05, 4.69) is 0 Å². The van der Waals surface area contributed by atoms with Gasteiger partial charge in [-0.1, -0.05) is 0 Å². The summed E-state index contributed by atoms with van der Waals surface area (Å²) in [5.41, 5.74) is 11.3. The molecule has 0 spiro atoms. The van der Waals surface area contributed by atoms with Gasteiger partial charge in [-0.2, -0.15) is 23.5 Å². The number of thioether (sulfide) groups is 2. The number of methoxy groups -OCH3 is 4. The predicted molar refractivity (Wildman–Crippen MR) is 98.4 cm³/mol. The topological polar surface area (TPSA) is 142 Å². The Morgan fingerprint density at radius 2 is 1.00 bits per heavy atom. The summed E-state index contributed by atoms with van der Waals surface area (Å²) in [5.74, 6) is -0.872. The summed E-state index contributed by atoms with van der Waals surface area (Å²) >= 11 is 2.70. The van der Waals surface area contributed by atoms with Crippen molar-refractivity contribution in [3.63, 3.8) is 0 Å². The quantitative estimate of drug-likeness (QED) is 0.211. The van der Waals surface area contributed by atoms with Crippen molar-refractivity contribution in [1.29, 1.82) is 0 Å². The maximum atomic E-state index is 11.6. The third-order valence-electron chi connectivity index (χ3n) is 2.81. The van der Waals surface area contributed by atoms with Crippen molar-refractivity contribution in [3.05, 3.63) is 0 Å². The summed E-state index contributed by atoms with van der Waals surface area (Å²) in [6.07, 6.45) is -2.72. The average molecular weight is 417 g/mol. The molecule has 2 unspecified atom stereocenters. The lowest BCUT2D eigenvalue weighted by Crippen LogP contribution is -2.38. The monoisotopic (exact) mass is 416 g/mol. The molecular formula is C14H28N2O8S2. The van der Waals surface area contributed by atoms with Crippen molar-refractivity contribution in [1.82, 2.24) is 0 Å². The Labute approximate surface area is 161 Å². The van der Waals surface area contributed by atoms with Gasteiger partial charge in [0.05, 0.1) is 0 Å². The van der Waals surface area contributed by atoms with Gasteiger partial charge in [0, 0.05) is 51.5 Å². The summed E-state index contributed by atoms with van der Waals surface area (Å²) in [6, 6.07) is 0. The maximum absolute atomic E-state index is 11.6. The van der Waals surface area contributed by atoms with Crippen molar-refractivity contribution >= 4 is 35.5 Å². The summed E-state index contributed by atoms with van der Waals surface area (Å²) in [6.45, 7) is 0. The number of esters is 2. The Kier molecular flexibility index (Phi) is 15.1. The van der Waals surface area contributed by atoms with Gasteiger partial charge in [0.2, 0.25) is 0 Å². The standard InChI is InChI=1S/C14H28N2O8S2/c1-19-11(20-2)7-25-5-9(15)23-13(17)14(18)24-10(16)6-26-8-12(21-3)22-4/h9-12H,5-8,15-16H2,1-4H3. The molecule has 0 amide bonds. The zero-order valence-electron chi connectivity index (χ0n) is 15.4. The van der Waals surface area contributed by atoms with Gasteiger partial charge in [-0.05, 0) is 0 Å². The minimum absolute atomic E-state index is 0.263. The average Bonchev–Trinajstić information content (AvgIpc) is 2.62. The lowest BCUT2D eigenvalue weighted by Gasteiger charge is -2.17. The van der Waals surface area contributed by atoms with Crippen LogP contribution in [0.4, 0.5) is 0 Å². The fourth-order valence-corrected chi connectivity index (χ4v) is 3.27. The minimum atomic E-state index is -1.19. The smallest absolute Gasteiger partial charge is 0.419 e. The molecule has 0 saturated carbocycles. The number of ether oxygens (including phenoxy) is 6. The van der Waals surface area contributed by atoms with Crippen molar-refractivity contribution in [2.24, 2.45) is 11.5 Å². The molecule has 0 aliphatic rings. The van der Waals surface area contributed by atoms with Crippen LogP contribution in [0.2, 0.25) is 0 Å². The molecule has 0 aromatic carbocycles. The summed E-state index contributed by atoms with van der Waals surface area (Å²) in [5, 5.41) is 0. The summed E-state index contributed by atoms with van der Waals surface area (Å²) in [4.78, 5) is 23.3. The molecule has 0 fully saturated rings. The van der Waals surface area contributed by atoms with E-state index in [9.17, 15) is 9.59 Å². The van der Waals surface area contributed by atoms with Crippen LogP contribution >= 0.6 is 23.5 Å². The number of rotatable bonds is 14. The SMILES string of the molecule is COC(CSCC(N)OC(=O)C(=O)OC(N)CSCC(OC)OC)OC. The first-order valence-electron chi connectivity index (χ1n) is 7.57. The van der Waals surface area contributed by atoms with Crippen LogP contribution in [-0.2, 0) is 38.0 Å². The fraction of sp³-hybridized carbons (Fsp3) is 0.857. The molecule has 0 aliphatic carbocycles. The molecule has 0 aliphatic heterocycles. The number of hydrogen-bond acceptors (Lipinski definition) is 12. The molecule has 154 valence electrons. The summed E-state index contributed by atoms with van der Waals surface area (Å²) in [7, 11) is 6.04. The molecule has 0 saturated heterocycles. The Morgan fingerprint density at radius 1 is 0.692 bits per heavy atom. The van der Waals surface area contributed by atoms with Crippen LogP contribution in [0.3, 0.4) is 0 Å². The van der Waals surface area contributed by atoms with Gasteiger partial charge in [0.1, 0.15) is 0 Å². The Bertz CT molecular complexity index is 361. The lowest BCUT2D eigenvalue weighted by molar-refractivity contribution is -0.172. The van der Waals surface area contributed by atoms with E-state index in [1.165, 1.54) is 52.0 Å². The first-order valence-corrected chi connectivity index (χ1v) is 9.88. The zero-order valence-corrected chi connectivity index (χ0v) is 17.0. The molecule has 4 N–H and O–H groups in total. The zero-order chi connectivity index (χ0) is 19.9. The Hall–Kier alpha value is -0.600. The first-order chi connectivity index (χ1) is 12.4. The fourth-order valence-electron chi connectivity index (χ4n) is 1.46. The molecule has 0 aromatic heterocycles. The van der Waals surface area contributed by atoms with E-state index >= 15 is 0 Å². The second kappa shape index (κ2) is 15.5. The van der Waals surface area contributed by atoms with Crippen molar-refractivity contribution in [2.45, 2.75) is 25.0 Å². The van der Waals surface area contributed by atoms with Gasteiger partial charge in [-0.15, -0.1) is 0 Å². The number of hydrogen-bond donors (Lipinski definition) is 2. The third-order valence-corrected chi connectivity index (χ3v) is 4.95. The van der Waals surface area contributed by atoms with Crippen LogP contribution in [0.15, 0.2) is 0 Å². The van der Waals surface area contributed by atoms with E-state index in [0.717, 1.165) is 0 Å². The molecule has 0 rings (SSSR count). The minimum Gasteiger partial charge on any atom is -0.437 e. The highest BCUT2D eigenvalue weighted by Crippen LogP contribution is 2.09.